The Morgan fingerprint density at radius 1 is 1.10 bits per heavy atom. The van der Waals surface area contributed by atoms with Crippen molar-refractivity contribution < 1.29 is 32.2 Å². The zero-order valence-corrected chi connectivity index (χ0v) is 16.1. The molecule has 0 saturated heterocycles. The first-order valence-corrected chi connectivity index (χ1v) is 9.55. The number of carbonyl (C=O) groups is 1. The van der Waals surface area contributed by atoms with Gasteiger partial charge in [0.25, 0.3) is 0 Å². The molecule has 0 fully saturated rings. The van der Waals surface area contributed by atoms with E-state index in [9.17, 15) is 18.0 Å². The lowest BCUT2D eigenvalue weighted by molar-refractivity contribution is -0.139. The van der Waals surface area contributed by atoms with Gasteiger partial charge in [-0.05, 0) is 55.0 Å². The summed E-state index contributed by atoms with van der Waals surface area (Å²) in [5.74, 6) is 1.20. The number of rotatable bonds is 7. The number of thioether (sulfide) groups is 1. The molecule has 4 nitrogen and oxygen atoms in total. The van der Waals surface area contributed by atoms with Crippen LogP contribution in [-0.4, -0.2) is 17.7 Å². The second kappa shape index (κ2) is 8.65. The van der Waals surface area contributed by atoms with Crippen LogP contribution in [0.2, 0.25) is 0 Å². The molecule has 3 rings (SSSR count). The van der Waals surface area contributed by atoms with E-state index in [1.54, 1.807) is 18.2 Å². The third kappa shape index (κ3) is 5.57. The summed E-state index contributed by atoms with van der Waals surface area (Å²) in [5.41, 5.74) is 0.695. The normalized spacial score (nSPS) is 11.4. The minimum Gasteiger partial charge on any atom is -0.482 e. The van der Waals surface area contributed by atoms with Gasteiger partial charge in [0, 0.05) is 10.5 Å². The van der Waals surface area contributed by atoms with Crippen LogP contribution in [0.3, 0.4) is 0 Å². The van der Waals surface area contributed by atoms with E-state index in [1.165, 1.54) is 23.9 Å². The number of benzene rings is 2. The zero-order chi connectivity index (χ0) is 21.0. The van der Waals surface area contributed by atoms with Gasteiger partial charge in [-0.15, -0.1) is 11.8 Å². The summed E-state index contributed by atoms with van der Waals surface area (Å²) in [4.78, 5) is 11.5. The van der Waals surface area contributed by atoms with E-state index >= 15 is 0 Å². The fourth-order valence-electron chi connectivity index (χ4n) is 2.60. The molecule has 3 aromatic rings. The number of carboxylic acid groups (broad SMARTS) is 1. The van der Waals surface area contributed by atoms with Crippen LogP contribution in [0.15, 0.2) is 63.9 Å². The van der Waals surface area contributed by atoms with Gasteiger partial charge in [0.1, 0.15) is 17.3 Å². The van der Waals surface area contributed by atoms with Crippen molar-refractivity contribution in [1.82, 2.24) is 0 Å². The Balaban J connectivity index is 1.62. The molecule has 2 aromatic carbocycles. The topological polar surface area (TPSA) is 59.7 Å². The van der Waals surface area contributed by atoms with Crippen molar-refractivity contribution in [2.45, 2.75) is 23.7 Å². The average molecular weight is 422 g/mol. The maximum Gasteiger partial charge on any atom is 0.416 e. The molecule has 0 spiro atoms. The highest BCUT2D eigenvalue weighted by Gasteiger charge is 2.30. The molecule has 0 atom stereocenters. The predicted octanol–water partition coefficient (Wildman–Crippen LogP) is 6.03. The number of furan rings is 1. The van der Waals surface area contributed by atoms with Crippen LogP contribution in [0.25, 0.3) is 11.3 Å². The molecule has 1 N–H and O–H groups in total. The van der Waals surface area contributed by atoms with Crippen molar-refractivity contribution in [3.8, 4) is 17.1 Å². The molecule has 29 heavy (non-hydrogen) atoms. The van der Waals surface area contributed by atoms with E-state index in [0.29, 0.717) is 28.6 Å². The van der Waals surface area contributed by atoms with E-state index < -0.39 is 24.3 Å². The predicted molar refractivity (Wildman–Crippen MR) is 103 cm³/mol. The quantitative estimate of drug-likeness (QED) is 0.471. The van der Waals surface area contributed by atoms with Crippen LogP contribution in [0.4, 0.5) is 13.2 Å². The van der Waals surface area contributed by atoms with E-state index in [4.69, 9.17) is 14.3 Å². The standard InChI is InChI=1S/C21H17F3O4S/c1-13-10-17(7-9-18(13)27-11-20(25)26)29-12-16-6-8-19(28-16)14-2-4-15(5-3-14)21(22,23)24/h2-10H,11-12H2,1H3,(H,25,26). The lowest BCUT2D eigenvalue weighted by atomic mass is 10.1. The van der Waals surface area contributed by atoms with Gasteiger partial charge in [-0.1, -0.05) is 12.1 Å². The Bertz CT molecular complexity index is 994. The first kappa shape index (κ1) is 20.9. The third-order valence-electron chi connectivity index (χ3n) is 4.04. The number of aryl methyl sites for hydroxylation is 1. The SMILES string of the molecule is Cc1cc(SCc2ccc(-c3ccc(C(F)(F)F)cc3)o2)ccc1OCC(=O)O. The average Bonchev–Trinajstić information content (AvgIpc) is 3.14. The molecule has 1 aromatic heterocycles. The summed E-state index contributed by atoms with van der Waals surface area (Å²) in [5, 5.41) is 8.67. The van der Waals surface area contributed by atoms with Crippen molar-refractivity contribution in [1.29, 1.82) is 0 Å². The van der Waals surface area contributed by atoms with Gasteiger partial charge < -0.3 is 14.3 Å². The van der Waals surface area contributed by atoms with Crippen LogP contribution in [0.5, 0.6) is 5.75 Å². The molecule has 0 unspecified atom stereocenters. The van der Waals surface area contributed by atoms with Gasteiger partial charge in [-0.3, -0.25) is 0 Å². The highest BCUT2D eigenvalue weighted by molar-refractivity contribution is 7.98. The van der Waals surface area contributed by atoms with E-state index in [0.717, 1.165) is 22.6 Å². The van der Waals surface area contributed by atoms with Gasteiger partial charge in [-0.25, -0.2) is 4.79 Å². The van der Waals surface area contributed by atoms with Crippen molar-refractivity contribution >= 4 is 17.7 Å². The fourth-order valence-corrected chi connectivity index (χ4v) is 3.49. The minimum absolute atomic E-state index is 0.396. The van der Waals surface area contributed by atoms with Gasteiger partial charge in [0.15, 0.2) is 6.61 Å². The summed E-state index contributed by atoms with van der Waals surface area (Å²) in [6, 6.07) is 13.8. The Morgan fingerprint density at radius 2 is 1.83 bits per heavy atom. The van der Waals surface area contributed by atoms with E-state index in [2.05, 4.69) is 0 Å². The summed E-state index contributed by atoms with van der Waals surface area (Å²) >= 11 is 1.52. The summed E-state index contributed by atoms with van der Waals surface area (Å²) in [6.07, 6.45) is -4.37. The Labute approximate surface area is 169 Å². The minimum atomic E-state index is -4.37. The second-order valence-corrected chi connectivity index (χ2v) is 7.29. The van der Waals surface area contributed by atoms with Gasteiger partial charge in [0.2, 0.25) is 0 Å². The van der Waals surface area contributed by atoms with Crippen molar-refractivity contribution in [3.63, 3.8) is 0 Å². The molecule has 0 aliphatic carbocycles. The highest BCUT2D eigenvalue weighted by atomic mass is 32.2. The number of alkyl halides is 3. The Morgan fingerprint density at radius 3 is 2.45 bits per heavy atom. The monoisotopic (exact) mass is 422 g/mol. The summed E-state index contributed by atoms with van der Waals surface area (Å²) in [7, 11) is 0. The van der Waals surface area contributed by atoms with Gasteiger partial charge in [0.05, 0.1) is 11.3 Å². The summed E-state index contributed by atoms with van der Waals surface area (Å²) < 4.78 is 48.9. The lowest BCUT2D eigenvalue weighted by Gasteiger charge is -2.08. The number of carboxylic acids is 1. The molecule has 8 heteroatoms. The lowest BCUT2D eigenvalue weighted by Crippen LogP contribution is -2.09. The molecular formula is C21H17F3O4S. The van der Waals surface area contributed by atoms with Crippen molar-refractivity contribution in [2.75, 3.05) is 6.61 Å². The molecule has 152 valence electrons. The molecule has 0 radical (unpaired) electrons. The molecule has 0 aliphatic rings. The zero-order valence-electron chi connectivity index (χ0n) is 15.3. The van der Waals surface area contributed by atoms with Gasteiger partial charge in [-0.2, -0.15) is 13.2 Å². The molecule has 0 amide bonds. The molecule has 0 saturated carbocycles. The number of aliphatic carboxylic acids is 1. The number of hydrogen-bond donors (Lipinski definition) is 1. The second-order valence-electron chi connectivity index (χ2n) is 6.24. The first-order chi connectivity index (χ1) is 13.7. The van der Waals surface area contributed by atoms with Crippen LogP contribution < -0.4 is 4.74 Å². The van der Waals surface area contributed by atoms with Crippen LogP contribution >= 0.6 is 11.8 Å². The van der Waals surface area contributed by atoms with Crippen molar-refractivity contribution in [2.24, 2.45) is 0 Å². The number of ether oxygens (including phenoxy) is 1. The molecule has 0 bridgehead atoms. The maximum absolute atomic E-state index is 12.7. The van der Waals surface area contributed by atoms with E-state index in [-0.39, 0.29) is 0 Å². The molecule has 0 aliphatic heterocycles. The fraction of sp³-hybridized carbons (Fsp3) is 0.190. The Hall–Kier alpha value is -2.87. The van der Waals surface area contributed by atoms with Crippen LogP contribution in [0, 0.1) is 6.92 Å². The third-order valence-corrected chi connectivity index (χ3v) is 5.05. The number of hydrogen-bond acceptors (Lipinski definition) is 4. The van der Waals surface area contributed by atoms with Crippen LogP contribution in [0.1, 0.15) is 16.9 Å². The largest absolute Gasteiger partial charge is 0.482 e. The highest BCUT2D eigenvalue weighted by Crippen LogP contribution is 2.33. The molecular weight excluding hydrogens is 405 g/mol. The van der Waals surface area contributed by atoms with E-state index in [1.807, 2.05) is 19.1 Å². The van der Waals surface area contributed by atoms with Crippen LogP contribution in [-0.2, 0) is 16.7 Å². The van der Waals surface area contributed by atoms with Crippen molar-refractivity contribution in [3.05, 3.63) is 71.5 Å². The Kier molecular flexibility index (Phi) is 6.22. The maximum atomic E-state index is 12.7. The molecule has 1 heterocycles. The first-order valence-electron chi connectivity index (χ1n) is 8.57. The summed E-state index contributed by atoms with van der Waals surface area (Å²) in [6.45, 7) is 1.43. The van der Waals surface area contributed by atoms with Gasteiger partial charge >= 0.3 is 12.1 Å². The number of halogens is 3. The smallest absolute Gasteiger partial charge is 0.416 e.